The summed E-state index contributed by atoms with van der Waals surface area (Å²) in [6.07, 6.45) is 0.183. The molecule has 110 valence electrons. The number of carbonyl (C=O) groups excluding carboxylic acids is 2. The maximum absolute atomic E-state index is 12.4. The van der Waals surface area contributed by atoms with E-state index in [2.05, 4.69) is 25.7 Å². The minimum Gasteiger partial charge on any atom is -0.469 e. The second-order valence-electron chi connectivity index (χ2n) is 4.82. The van der Waals surface area contributed by atoms with Gasteiger partial charge in [0, 0.05) is 13.1 Å². The molecule has 0 saturated heterocycles. The van der Waals surface area contributed by atoms with Gasteiger partial charge in [-0.1, -0.05) is 19.9 Å². The molecule has 0 saturated carbocycles. The molecule has 1 heterocycles. The molecule has 5 nitrogen and oxygen atoms in total. The molecule has 20 heavy (non-hydrogen) atoms. The molecule has 1 rings (SSSR count). The van der Waals surface area contributed by atoms with Gasteiger partial charge in [0.2, 0.25) is 0 Å². The largest absolute Gasteiger partial charge is 0.469 e. The number of amides is 1. The lowest BCUT2D eigenvalue weighted by Crippen LogP contribution is -2.36. The molecule has 1 aromatic rings. The number of nitrogens with zero attached hydrogens (tertiary/aromatic N) is 2. The standard InChI is InChI=1S/C14H19BrN2O3/c1-10(2)9-17(8-7-13(18)20-3)14(19)11-5-4-6-12(15)16-11/h4-6,10H,7-9H2,1-3H3. The van der Waals surface area contributed by atoms with Crippen molar-refractivity contribution in [1.82, 2.24) is 9.88 Å². The minimum atomic E-state index is -0.325. The molecule has 0 aliphatic heterocycles. The van der Waals surface area contributed by atoms with Gasteiger partial charge < -0.3 is 9.64 Å². The first-order chi connectivity index (χ1) is 9.43. The number of halogens is 1. The normalized spacial score (nSPS) is 10.4. The highest BCUT2D eigenvalue weighted by Gasteiger charge is 2.19. The SMILES string of the molecule is COC(=O)CCN(CC(C)C)C(=O)c1cccc(Br)n1. The van der Waals surface area contributed by atoms with Gasteiger partial charge in [-0.05, 0) is 34.0 Å². The van der Waals surface area contributed by atoms with Crippen LogP contribution < -0.4 is 0 Å². The van der Waals surface area contributed by atoms with E-state index in [1.54, 1.807) is 23.1 Å². The van der Waals surface area contributed by atoms with Gasteiger partial charge in [-0.15, -0.1) is 0 Å². The highest BCUT2D eigenvalue weighted by atomic mass is 79.9. The van der Waals surface area contributed by atoms with Crippen LogP contribution in [0.3, 0.4) is 0 Å². The Morgan fingerprint density at radius 1 is 1.40 bits per heavy atom. The Hall–Kier alpha value is -1.43. The van der Waals surface area contributed by atoms with E-state index in [0.717, 1.165) is 0 Å². The van der Waals surface area contributed by atoms with Gasteiger partial charge in [0.05, 0.1) is 13.5 Å². The second kappa shape index (κ2) is 7.99. The second-order valence-corrected chi connectivity index (χ2v) is 5.63. The summed E-state index contributed by atoms with van der Waals surface area (Å²) >= 11 is 3.25. The van der Waals surface area contributed by atoms with Crippen LogP contribution in [0.2, 0.25) is 0 Å². The smallest absolute Gasteiger partial charge is 0.307 e. The summed E-state index contributed by atoms with van der Waals surface area (Å²) in [7, 11) is 1.34. The van der Waals surface area contributed by atoms with Crippen LogP contribution in [0.1, 0.15) is 30.8 Å². The predicted octanol–water partition coefficient (Wildman–Crippen LogP) is 2.51. The number of methoxy groups -OCH3 is 1. The van der Waals surface area contributed by atoms with E-state index in [-0.39, 0.29) is 18.3 Å². The Bertz CT molecular complexity index is 477. The zero-order chi connectivity index (χ0) is 15.1. The lowest BCUT2D eigenvalue weighted by atomic mass is 10.2. The molecule has 0 atom stereocenters. The van der Waals surface area contributed by atoms with E-state index in [1.165, 1.54) is 7.11 Å². The van der Waals surface area contributed by atoms with E-state index in [4.69, 9.17) is 0 Å². The molecule has 0 N–H and O–H groups in total. The van der Waals surface area contributed by atoms with Gasteiger partial charge in [0.15, 0.2) is 0 Å². The third kappa shape index (κ3) is 5.28. The van der Waals surface area contributed by atoms with Crippen LogP contribution in [0.15, 0.2) is 22.8 Å². The number of rotatable bonds is 6. The van der Waals surface area contributed by atoms with Crippen molar-refractivity contribution in [2.45, 2.75) is 20.3 Å². The number of hydrogen-bond donors (Lipinski definition) is 0. The molecule has 0 aliphatic rings. The summed E-state index contributed by atoms with van der Waals surface area (Å²) in [6.45, 7) is 4.95. The summed E-state index contributed by atoms with van der Waals surface area (Å²) in [4.78, 5) is 29.4. The average Bonchev–Trinajstić information content (AvgIpc) is 2.41. The number of ether oxygens (including phenoxy) is 1. The monoisotopic (exact) mass is 342 g/mol. The maximum Gasteiger partial charge on any atom is 0.307 e. The molecular formula is C14H19BrN2O3. The van der Waals surface area contributed by atoms with E-state index in [9.17, 15) is 9.59 Å². The van der Waals surface area contributed by atoms with Crippen molar-refractivity contribution in [2.24, 2.45) is 5.92 Å². The van der Waals surface area contributed by atoms with Crippen molar-refractivity contribution >= 4 is 27.8 Å². The third-order valence-electron chi connectivity index (χ3n) is 2.62. The molecule has 0 spiro atoms. The first kappa shape index (κ1) is 16.6. The third-order valence-corrected chi connectivity index (χ3v) is 3.06. The fourth-order valence-electron chi connectivity index (χ4n) is 1.73. The molecule has 1 aromatic heterocycles. The lowest BCUT2D eigenvalue weighted by molar-refractivity contribution is -0.140. The summed E-state index contributed by atoms with van der Waals surface area (Å²) in [6, 6.07) is 5.19. The van der Waals surface area contributed by atoms with Gasteiger partial charge in [0.25, 0.3) is 5.91 Å². The van der Waals surface area contributed by atoms with Crippen LogP contribution in [0, 0.1) is 5.92 Å². The van der Waals surface area contributed by atoms with Crippen LogP contribution in [0.25, 0.3) is 0 Å². The fraction of sp³-hybridized carbons (Fsp3) is 0.500. The van der Waals surface area contributed by atoms with Gasteiger partial charge in [-0.2, -0.15) is 0 Å². The zero-order valence-electron chi connectivity index (χ0n) is 11.9. The average molecular weight is 343 g/mol. The molecule has 6 heteroatoms. The predicted molar refractivity (Wildman–Crippen MR) is 79.3 cm³/mol. The van der Waals surface area contributed by atoms with Crippen LogP contribution >= 0.6 is 15.9 Å². The first-order valence-corrected chi connectivity index (χ1v) is 7.22. The Morgan fingerprint density at radius 2 is 2.10 bits per heavy atom. The fourth-order valence-corrected chi connectivity index (χ4v) is 2.08. The van der Waals surface area contributed by atoms with E-state index < -0.39 is 0 Å². The molecule has 1 amide bonds. The molecule has 0 fully saturated rings. The number of aromatic nitrogens is 1. The van der Waals surface area contributed by atoms with E-state index >= 15 is 0 Å². The first-order valence-electron chi connectivity index (χ1n) is 6.42. The quantitative estimate of drug-likeness (QED) is 0.588. The molecular weight excluding hydrogens is 324 g/mol. The van der Waals surface area contributed by atoms with Crippen LogP contribution in [0.5, 0.6) is 0 Å². The van der Waals surface area contributed by atoms with Crippen molar-refractivity contribution in [2.75, 3.05) is 20.2 Å². The number of pyridine rings is 1. The molecule has 0 aliphatic carbocycles. The van der Waals surface area contributed by atoms with Crippen LogP contribution in [0.4, 0.5) is 0 Å². The van der Waals surface area contributed by atoms with Crippen molar-refractivity contribution in [1.29, 1.82) is 0 Å². The van der Waals surface area contributed by atoms with Crippen LogP contribution in [-0.2, 0) is 9.53 Å². The van der Waals surface area contributed by atoms with Crippen molar-refractivity contribution in [3.05, 3.63) is 28.5 Å². The number of carbonyl (C=O) groups is 2. The van der Waals surface area contributed by atoms with Gasteiger partial charge in [0.1, 0.15) is 10.3 Å². The summed E-state index contributed by atoms with van der Waals surface area (Å²) < 4.78 is 5.22. The summed E-state index contributed by atoms with van der Waals surface area (Å²) in [5, 5.41) is 0. The van der Waals surface area contributed by atoms with Gasteiger partial charge in [-0.3, -0.25) is 9.59 Å². The summed E-state index contributed by atoms with van der Waals surface area (Å²) in [5.41, 5.74) is 0.366. The maximum atomic E-state index is 12.4. The van der Waals surface area contributed by atoms with Gasteiger partial charge >= 0.3 is 5.97 Å². The molecule has 0 bridgehead atoms. The summed E-state index contributed by atoms with van der Waals surface area (Å²) in [5.74, 6) is -0.193. The Labute approximate surface area is 127 Å². The molecule has 0 aromatic carbocycles. The minimum absolute atomic E-state index is 0.177. The highest BCUT2D eigenvalue weighted by molar-refractivity contribution is 9.10. The van der Waals surface area contributed by atoms with E-state index in [1.807, 2.05) is 13.8 Å². The van der Waals surface area contributed by atoms with Crippen LogP contribution in [-0.4, -0.2) is 42.0 Å². The lowest BCUT2D eigenvalue weighted by Gasteiger charge is -2.23. The Morgan fingerprint density at radius 3 is 2.65 bits per heavy atom. The van der Waals surface area contributed by atoms with Crippen molar-refractivity contribution in [3.8, 4) is 0 Å². The van der Waals surface area contributed by atoms with Gasteiger partial charge in [-0.25, -0.2) is 4.98 Å². The highest BCUT2D eigenvalue weighted by Crippen LogP contribution is 2.11. The molecule has 0 radical (unpaired) electrons. The number of esters is 1. The topological polar surface area (TPSA) is 59.5 Å². The van der Waals surface area contributed by atoms with Crippen molar-refractivity contribution < 1.29 is 14.3 Å². The molecule has 0 unspecified atom stereocenters. The number of hydrogen-bond acceptors (Lipinski definition) is 4. The Balaban J connectivity index is 2.81. The Kier molecular flexibility index (Phi) is 6.64. The van der Waals surface area contributed by atoms with E-state index in [0.29, 0.717) is 29.3 Å². The zero-order valence-corrected chi connectivity index (χ0v) is 13.5. The van der Waals surface area contributed by atoms with Crippen molar-refractivity contribution in [3.63, 3.8) is 0 Å².